The Kier molecular flexibility index (Phi) is 8.83. The van der Waals surface area contributed by atoms with Crippen molar-refractivity contribution in [3.8, 4) is 0 Å². The highest BCUT2D eigenvalue weighted by Gasteiger charge is 2.30. The van der Waals surface area contributed by atoms with Gasteiger partial charge in [0.2, 0.25) is 0 Å². The third-order valence-electron chi connectivity index (χ3n) is 4.14. The second-order valence-electron chi connectivity index (χ2n) is 7.74. The van der Waals surface area contributed by atoms with E-state index >= 15 is 0 Å². The number of benzene rings is 1. The van der Waals surface area contributed by atoms with Crippen LogP contribution in [0.2, 0.25) is 0 Å². The second-order valence-corrected chi connectivity index (χ2v) is 7.74. The first-order valence-electron chi connectivity index (χ1n) is 9.43. The van der Waals surface area contributed by atoms with Crippen LogP contribution in [-0.4, -0.2) is 37.9 Å². The molecule has 0 fully saturated rings. The normalized spacial score (nSPS) is 13.6. The Bertz CT molecular complexity index is 830. The van der Waals surface area contributed by atoms with Gasteiger partial charge >= 0.3 is 18.1 Å². The van der Waals surface area contributed by atoms with Gasteiger partial charge in [-0.25, -0.2) is 14.4 Å². The van der Waals surface area contributed by atoms with Gasteiger partial charge in [-0.2, -0.15) is 0 Å². The Labute approximate surface area is 177 Å². The molecule has 164 valence electrons. The summed E-state index contributed by atoms with van der Waals surface area (Å²) in [7, 11) is 2.53. The Morgan fingerprint density at radius 1 is 1.00 bits per heavy atom. The van der Waals surface area contributed by atoms with Gasteiger partial charge in [0, 0.05) is 17.1 Å². The molecule has 0 spiro atoms. The molecule has 2 unspecified atom stereocenters. The van der Waals surface area contributed by atoms with E-state index in [1.165, 1.54) is 14.2 Å². The van der Waals surface area contributed by atoms with Crippen LogP contribution in [0.5, 0.6) is 0 Å². The predicted molar refractivity (Wildman–Crippen MR) is 112 cm³/mol. The van der Waals surface area contributed by atoms with Crippen LogP contribution in [0.3, 0.4) is 0 Å². The van der Waals surface area contributed by atoms with Crippen LogP contribution in [0.15, 0.2) is 48.1 Å². The minimum atomic E-state index is -1.13. The van der Waals surface area contributed by atoms with E-state index in [0.717, 1.165) is 5.56 Å². The van der Waals surface area contributed by atoms with Crippen molar-refractivity contribution in [2.24, 2.45) is 0 Å². The number of carbonyl (C=O) groups is 3. The Morgan fingerprint density at radius 3 is 2.03 bits per heavy atom. The van der Waals surface area contributed by atoms with Crippen molar-refractivity contribution >= 4 is 18.1 Å². The fourth-order valence-electron chi connectivity index (χ4n) is 2.79. The molecular formula is C23H30O7. The lowest BCUT2D eigenvalue weighted by Crippen LogP contribution is -2.27. The van der Waals surface area contributed by atoms with E-state index in [-0.39, 0.29) is 11.5 Å². The zero-order valence-corrected chi connectivity index (χ0v) is 18.6. The van der Waals surface area contributed by atoms with Gasteiger partial charge in [-0.1, -0.05) is 43.8 Å². The van der Waals surface area contributed by atoms with Crippen molar-refractivity contribution in [2.45, 2.75) is 52.2 Å². The van der Waals surface area contributed by atoms with Gasteiger partial charge in [0.15, 0.2) is 6.10 Å². The lowest BCUT2D eigenvalue weighted by atomic mass is 9.89. The van der Waals surface area contributed by atoms with Crippen molar-refractivity contribution in [1.29, 1.82) is 0 Å². The van der Waals surface area contributed by atoms with E-state index in [9.17, 15) is 14.4 Å². The molecule has 1 aromatic rings. The van der Waals surface area contributed by atoms with Crippen molar-refractivity contribution in [3.05, 3.63) is 59.2 Å². The molecule has 0 radical (unpaired) electrons. The van der Waals surface area contributed by atoms with Gasteiger partial charge in [-0.15, -0.1) is 0 Å². The van der Waals surface area contributed by atoms with Crippen molar-refractivity contribution in [2.75, 3.05) is 14.2 Å². The van der Waals surface area contributed by atoms with Crippen LogP contribution >= 0.6 is 0 Å². The summed E-state index contributed by atoms with van der Waals surface area (Å²) in [4.78, 5) is 36.2. The first-order chi connectivity index (χ1) is 13.9. The third-order valence-corrected chi connectivity index (χ3v) is 4.14. The van der Waals surface area contributed by atoms with Crippen LogP contribution in [-0.2, 0) is 28.5 Å². The van der Waals surface area contributed by atoms with Gasteiger partial charge in [0.05, 0.1) is 19.8 Å². The number of esters is 2. The molecule has 0 heterocycles. The molecule has 7 heteroatoms. The molecule has 1 aromatic carbocycles. The van der Waals surface area contributed by atoms with Crippen LogP contribution in [0.4, 0.5) is 4.79 Å². The van der Waals surface area contributed by atoms with Crippen molar-refractivity contribution in [1.82, 2.24) is 0 Å². The number of hydrogen-bond acceptors (Lipinski definition) is 7. The molecule has 7 nitrogen and oxygen atoms in total. The molecule has 0 aliphatic carbocycles. The number of ether oxygens (including phenoxy) is 4. The maximum atomic E-state index is 12.3. The smallest absolute Gasteiger partial charge is 0.466 e. The monoisotopic (exact) mass is 418 g/mol. The molecule has 0 N–H and O–H groups in total. The zero-order valence-electron chi connectivity index (χ0n) is 18.6. The van der Waals surface area contributed by atoms with Gasteiger partial charge in [0.1, 0.15) is 5.60 Å². The first kappa shape index (κ1) is 24.9. The average molecular weight is 418 g/mol. The van der Waals surface area contributed by atoms with Crippen molar-refractivity contribution in [3.63, 3.8) is 0 Å². The first-order valence-corrected chi connectivity index (χ1v) is 9.43. The molecule has 0 saturated heterocycles. The van der Waals surface area contributed by atoms with Crippen LogP contribution in [0, 0.1) is 0 Å². The molecule has 0 amide bonds. The topological polar surface area (TPSA) is 88.1 Å². The standard InChI is InChI=1S/C23H30O7/c1-14(13-15(2)20(24)27-7)17-11-9-10-12-18(17)19(16(3)21(25)28-8)29-22(26)30-23(4,5)6/h9-14,19H,3H2,1-2,4-8H3/b15-13+. The minimum absolute atomic E-state index is 0.0586. The number of hydrogen-bond donors (Lipinski definition) is 0. The summed E-state index contributed by atoms with van der Waals surface area (Å²) in [5, 5.41) is 0. The lowest BCUT2D eigenvalue weighted by Gasteiger charge is -2.25. The number of allylic oxidation sites excluding steroid dienone is 1. The molecule has 0 saturated carbocycles. The third kappa shape index (κ3) is 7.06. The summed E-state index contributed by atoms with van der Waals surface area (Å²) in [6.07, 6.45) is -0.338. The van der Waals surface area contributed by atoms with Gasteiger partial charge in [-0.05, 0) is 33.3 Å². The van der Waals surface area contributed by atoms with Gasteiger partial charge < -0.3 is 18.9 Å². The van der Waals surface area contributed by atoms with Gasteiger partial charge in [0.25, 0.3) is 0 Å². The molecule has 0 aliphatic rings. The lowest BCUT2D eigenvalue weighted by molar-refractivity contribution is -0.138. The van der Waals surface area contributed by atoms with E-state index in [4.69, 9.17) is 18.9 Å². The average Bonchev–Trinajstić information content (AvgIpc) is 2.68. The highest BCUT2D eigenvalue weighted by atomic mass is 16.7. The van der Waals surface area contributed by atoms with E-state index in [1.54, 1.807) is 45.9 Å². The van der Waals surface area contributed by atoms with Gasteiger partial charge in [-0.3, -0.25) is 0 Å². The minimum Gasteiger partial charge on any atom is -0.466 e. The molecule has 2 atom stereocenters. The highest BCUT2D eigenvalue weighted by Crippen LogP contribution is 2.34. The fourth-order valence-corrected chi connectivity index (χ4v) is 2.79. The summed E-state index contributed by atoms with van der Waals surface area (Å²) in [5.41, 5.74) is 0.855. The van der Waals surface area contributed by atoms with Crippen LogP contribution in [0.1, 0.15) is 57.8 Å². The van der Waals surface area contributed by atoms with E-state index in [0.29, 0.717) is 11.1 Å². The fraction of sp³-hybridized carbons (Fsp3) is 0.435. The summed E-state index contributed by atoms with van der Waals surface area (Å²) < 4.78 is 20.2. The molecular weight excluding hydrogens is 388 g/mol. The number of carbonyl (C=O) groups excluding carboxylic acids is 3. The summed E-state index contributed by atoms with van der Waals surface area (Å²) in [6.45, 7) is 12.4. The second kappa shape index (κ2) is 10.6. The quantitative estimate of drug-likeness (QED) is 0.362. The van der Waals surface area contributed by atoms with Crippen molar-refractivity contribution < 1.29 is 33.3 Å². The number of methoxy groups -OCH3 is 2. The Hall–Kier alpha value is -3.09. The maximum absolute atomic E-state index is 12.3. The number of rotatable bonds is 7. The van der Waals surface area contributed by atoms with E-state index in [2.05, 4.69) is 6.58 Å². The SMILES string of the molecule is C=C(C(=O)OC)C(OC(=O)OC(C)(C)C)c1ccccc1C(C)/C=C(\C)C(=O)OC. The molecule has 0 bridgehead atoms. The zero-order chi connectivity index (χ0) is 23.1. The van der Waals surface area contributed by atoms with Crippen LogP contribution < -0.4 is 0 Å². The summed E-state index contributed by atoms with van der Waals surface area (Å²) in [5.74, 6) is -1.41. The molecule has 0 aromatic heterocycles. The molecule has 0 aliphatic heterocycles. The predicted octanol–water partition coefficient (Wildman–Crippen LogP) is 4.63. The largest absolute Gasteiger partial charge is 0.509 e. The summed E-state index contributed by atoms with van der Waals surface area (Å²) >= 11 is 0. The van der Waals surface area contributed by atoms with E-state index in [1.807, 2.05) is 19.1 Å². The highest BCUT2D eigenvalue weighted by molar-refractivity contribution is 5.89. The van der Waals surface area contributed by atoms with E-state index < -0.39 is 29.8 Å². The van der Waals surface area contributed by atoms with Crippen LogP contribution in [0.25, 0.3) is 0 Å². The Balaban J connectivity index is 3.40. The maximum Gasteiger partial charge on any atom is 0.509 e. The molecule has 30 heavy (non-hydrogen) atoms. The Morgan fingerprint density at radius 2 is 1.53 bits per heavy atom. The molecule has 1 rings (SSSR count). The summed E-state index contributed by atoms with van der Waals surface area (Å²) in [6, 6.07) is 7.09.